The van der Waals surface area contributed by atoms with E-state index in [1.54, 1.807) is 13.8 Å². The molecule has 12 heavy (non-hydrogen) atoms. The summed E-state index contributed by atoms with van der Waals surface area (Å²) in [6.45, 7) is 5.04. The molecule has 0 aliphatic rings. The first-order chi connectivity index (χ1) is 5.60. The number of rotatable bonds is 5. The normalized spacial score (nSPS) is 13.5. The monoisotopic (exact) mass is 196 g/mol. The van der Waals surface area contributed by atoms with Gasteiger partial charge in [0.25, 0.3) is 0 Å². The van der Waals surface area contributed by atoms with Crippen LogP contribution in [0.5, 0.6) is 0 Å². The van der Waals surface area contributed by atoms with Gasteiger partial charge in [-0.3, -0.25) is 4.57 Å². The molecule has 72 valence electrons. The molecule has 0 amide bonds. The van der Waals surface area contributed by atoms with Crippen molar-refractivity contribution in [2.75, 3.05) is 13.2 Å². The summed E-state index contributed by atoms with van der Waals surface area (Å²) in [5, 5.41) is 0. The van der Waals surface area contributed by atoms with Crippen LogP contribution in [0.3, 0.4) is 0 Å². The van der Waals surface area contributed by atoms with Crippen LogP contribution in [-0.4, -0.2) is 13.2 Å². The molecule has 0 aromatic rings. The largest absolute Gasteiger partial charge is 0.389 e. The van der Waals surface area contributed by atoms with Crippen molar-refractivity contribution in [3.63, 3.8) is 0 Å². The molecule has 5 heteroatoms. The number of hydrogen-bond acceptors (Lipinski definition) is 3. The Balaban J connectivity index is 4.50. The maximum Gasteiger partial charge on any atom is 0.389 e. The molecule has 0 atom stereocenters. The highest BCUT2D eigenvalue weighted by atomic mass is 31.2. The fraction of sp³-hybridized carbons (Fsp3) is 0.714. The van der Waals surface area contributed by atoms with E-state index in [0.29, 0.717) is 0 Å². The van der Waals surface area contributed by atoms with Crippen LogP contribution in [0.2, 0.25) is 0 Å². The number of halogens is 1. The SMILES string of the molecule is CC=C(F)P(=O)(OCC)OCC. The van der Waals surface area contributed by atoms with Crippen LogP contribution in [0.1, 0.15) is 20.8 Å². The second-order valence-corrected chi connectivity index (χ2v) is 3.88. The predicted molar refractivity (Wildman–Crippen MR) is 45.7 cm³/mol. The highest BCUT2D eigenvalue weighted by Gasteiger charge is 2.29. The van der Waals surface area contributed by atoms with Gasteiger partial charge in [-0.15, -0.1) is 0 Å². The van der Waals surface area contributed by atoms with Crippen LogP contribution < -0.4 is 0 Å². The predicted octanol–water partition coefficient (Wildman–Crippen LogP) is 3.08. The molecule has 3 nitrogen and oxygen atoms in total. The molecule has 0 heterocycles. The molecule has 0 saturated heterocycles. The lowest BCUT2D eigenvalue weighted by Crippen LogP contribution is -1.95. The standard InChI is InChI=1S/C7H14FO3P/c1-4-7(8)12(9,10-5-2)11-6-3/h4H,5-6H2,1-3H3. The molecule has 0 spiro atoms. The van der Waals surface area contributed by atoms with Crippen molar-refractivity contribution in [2.45, 2.75) is 20.8 Å². The maximum atomic E-state index is 12.9. The minimum atomic E-state index is -3.62. The Morgan fingerprint density at radius 3 is 2.08 bits per heavy atom. The summed E-state index contributed by atoms with van der Waals surface area (Å²) >= 11 is 0. The van der Waals surface area contributed by atoms with E-state index in [0.717, 1.165) is 6.08 Å². The van der Waals surface area contributed by atoms with E-state index in [1.165, 1.54) is 6.92 Å². The van der Waals surface area contributed by atoms with Gasteiger partial charge in [0.15, 0.2) is 0 Å². The Labute approximate surface area is 72.1 Å². The van der Waals surface area contributed by atoms with Crippen LogP contribution in [0.25, 0.3) is 0 Å². The summed E-state index contributed by atoms with van der Waals surface area (Å²) in [6.07, 6.45) is 1.09. The van der Waals surface area contributed by atoms with Gasteiger partial charge in [0.05, 0.1) is 13.2 Å². The average molecular weight is 196 g/mol. The summed E-state index contributed by atoms with van der Waals surface area (Å²) in [5.74, 6) is 0. The van der Waals surface area contributed by atoms with Gasteiger partial charge in [0, 0.05) is 0 Å². The third-order valence-corrected chi connectivity index (χ3v) is 3.08. The molecule has 0 aromatic carbocycles. The molecule has 0 aliphatic carbocycles. The van der Waals surface area contributed by atoms with Crippen molar-refractivity contribution in [3.05, 3.63) is 11.6 Å². The van der Waals surface area contributed by atoms with Crippen LogP contribution in [-0.2, 0) is 13.6 Å². The van der Waals surface area contributed by atoms with Crippen LogP contribution in [0.4, 0.5) is 4.39 Å². The molecule has 0 aromatic heterocycles. The lowest BCUT2D eigenvalue weighted by molar-refractivity contribution is 0.220. The first kappa shape index (κ1) is 11.8. The molecule has 0 fully saturated rings. The van der Waals surface area contributed by atoms with Crippen molar-refractivity contribution in [1.82, 2.24) is 0 Å². The van der Waals surface area contributed by atoms with Gasteiger partial charge >= 0.3 is 7.60 Å². The summed E-state index contributed by atoms with van der Waals surface area (Å²) in [6, 6.07) is 0. The maximum absolute atomic E-state index is 12.9. The van der Waals surface area contributed by atoms with Crippen LogP contribution in [0, 0.1) is 0 Å². The smallest absolute Gasteiger partial charge is 0.304 e. The summed E-state index contributed by atoms with van der Waals surface area (Å²) in [4.78, 5) is 0. The third kappa shape index (κ3) is 3.05. The highest BCUT2D eigenvalue weighted by molar-refractivity contribution is 7.58. The van der Waals surface area contributed by atoms with Crippen molar-refractivity contribution in [1.29, 1.82) is 0 Å². The molecular weight excluding hydrogens is 182 g/mol. The molecule has 0 radical (unpaired) electrons. The van der Waals surface area contributed by atoms with Gasteiger partial charge in [0.2, 0.25) is 5.57 Å². The van der Waals surface area contributed by atoms with Crippen LogP contribution in [0.15, 0.2) is 11.6 Å². The van der Waals surface area contributed by atoms with E-state index in [1.807, 2.05) is 0 Å². The van der Waals surface area contributed by atoms with Gasteiger partial charge in [-0.25, -0.2) is 0 Å². The third-order valence-electron chi connectivity index (χ3n) is 1.10. The Bertz CT molecular complexity index is 193. The van der Waals surface area contributed by atoms with Gasteiger partial charge in [-0.05, 0) is 26.8 Å². The molecular formula is C7H14FO3P. The lowest BCUT2D eigenvalue weighted by Gasteiger charge is -2.14. The topological polar surface area (TPSA) is 35.5 Å². The second-order valence-electron chi connectivity index (χ2n) is 1.94. The molecule has 0 aliphatic heterocycles. The van der Waals surface area contributed by atoms with E-state index in [9.17, 15) is 8.96 Å². The number of allylic oxidation sites excluding steroid dienone is 1. The van der Waals surface area contributed by atoms with E-state index < -0.39 is 13.2 Å². The van der Waals surface area contributed by atoms with Crippen LogP contribution >= 0.6 is 7.60 Å². The fourth-order valence-corrected chi connectivity index (χ4v) is 1.98. The van der Waals surface area contributed by atoms with E-state index in [4.69, 9.17) is 9.05 Å². The molecule has 0 unspecified atom stereocenters. The Kier molecular flexibility index (Phi) is 5.38. The molecule has 0 N–H and O–H groups in total. The molecule has 0 rings (SSSR count). The molecule has 0 saturated carbocycles. The summed E-state index contributed by atoms with van der Waals surface area (Å²) < 4.78 is 33.8. The van der Waals surface area contributed by atoms with E-state index >= 15 is 0 Å². The van der Waals surface area contributed by atoms with Crippen molar-refractivity contribution >= 4 is 7.60 Å². The second kappa shape index (κ2) is 5.46. The van der Waals surface area contributed by atoms with Gasteiger partial charge in [-0.2, -0.15) is 4.39 Å². The first-order valence-electron chi connectivity index (χ1n) is 3.82. The molecule has 0 bridgehead atoms. The zero-order valence-corrected chi connectivity index (χ0v) is 8.44. The summed E-state index contributed by atoms with van der Waals surface area (Å²) in [7, 11) is -3.62. The average Bonchev–Trinajstić information content (AvgIpc) is 2.04. The Morgan fingerprint density at radius 2 is 1.83 bits per heavy atom. The lowest BCUT2D eigenvalue weighted by atomic mass is 10.8. The fourth-order valence-electron chi connectivity index (χ4n) is 0.659. The van der Waals surface area contributed by atoms with Gasteiger partial charge in [0.1, 0.15) is 0 Å². The van der Waals surface area contributed by atoms with E-state index in [2.05, 4.69) is 0 Å². The minimum Gasteiger partial charge on any atom is -0.304 e. The van der Waals surface area contributed by atoms with Crippen molar-refractivity contribution in [2.24, 2.45) is 0 Å². The Morgan fingerprint density at radius 1 is 1.42 bits per heavy atom. The summed E-state index contributed by atoms with van der Waals surface area (Å²) in [5.41, 5.74) is -0.828. The number of hydrogen-bond donors (Lipinski definition) is 0. The Hall–Kier alpha value is -0.180. The van der Waals surface area contributed by atoms with Gasteiger partial charge < -0.3 is 9.05 Å². The zero-order valence-electron chi connectivity index (χ0n) is 7.54. The highest BCUT2D eigenvalue weighted by Crippen LogP contribution is 2.56. The van der Waals surface area contributed by atoms with Crippen molar-refractivity contribution < 1.29 is 18.0 Å². The van der Waals surface area contributed by atoms with Crippen molar-refractivity contribution in [3.8, 4) is 0 Å². The first-order valence-corrected chi connectivity index (χ1v) is 5.36. The zero-order chi connectivity index (χ0) is 9.61. The minimum absolute atomic E-state index is 0.165. The van der Waals surface area contributed by atoms with E-state index in [-0.39, 0.29) is 13.2 Å². The quantitative estimate of drug-likeness (QED) is 0.634. The van der Waals surface area contributed by atoms with Gasteiger partial charge in [-0.1, -0.05) is 0 Å².